The van der Waals surface area contributed by atoms with Crippen LogP contribution in [0, 0.1) is 0 Å². The van der Waals surface area contributed by atoms with Crippen LogP contribution in [0.4, 0.5) is 0 Å². The van der Waals surface area contributed by atoms with Crippen molar-refractivity contribution in [2.24, 2.45) is 0 Å². The van der Waals surface area contributed by atoms with E-state index in [1.165, 1.54) is 13.4 Å². The van der Waals surface area contributed by atoms with Crippen LogP contribution in [-0.4, -0.2) is 7.11 Å². The molecule has 0 radical (unpaired) electrons. The minimum absolute atomic E-state index is 0.234. The molecule has 0 atom stereocenters. The Morgan fingerprint density at radius 3 is 2.89 bits per heavy atom. The van der Waals surface area contributed by atoms with Gasteiger partial charge in [0.25, 0.3) is 0 Å². The summed E-state index contributed by atoms with van der Waals surface area (Å²) in [6, 6.07) is 3.14. The van der Waals surface area contributed by atoms with Gasteiger partial charge >= 0.3 is 5.63 Å². The van der Waals surface area contributed by atoms with Crippen molar-refractivity contribution in [2.45, 2.75) is 0 Å². The molecular weight excluding hydrogens is 120 g/mol. The molecular formula is C6H6O3. The maximum Gasteiger partial charge on any atom is 0.378 e. The molecule has 0 saturated heterocycles. The summed E-state index contributed by atoms with van der Waals surface area (Å²) >= 11 is 0. The van der Waals surface area contributed by atoms with Crippen LogP contribution in [0.15, 0.2) is 27.6 Å². The van der Waals surface area contributed by atoms with E-state index in [0.29, 0.717) is 0 Å². The Balaban J connectivity index is 3.16. The second-order valence-corrected chi connectivity index (χ2v) is 1.47. The van der Waals surface area contributed by atoms with Crippen LogP contribution < -0.4 is 10.4 Å². The van der Waals surface area contributed by atoms with Crippen molar-refractivity contribution in [1.29, 1.82) is 0 Å². The first-order valence-electron chi connectivity index (χ1n) is 2.46. The van der Waals surface area contributed by atoms with Crippen LogP contribution in [0.1, 0.15) is 0 Å². The van der Waals surface area contributed by atoms with Gasteiger partial charge in [-0.25, -0.2) is 4.79 Å². The van der Waals surface area contributed by atoms with E-state index in [1.807, 2.05) is 0 Å². The largest absolute Gasteiger partial charge is 0.490 e. The normalized spacial score (nSPS) is 9.00. The summed E-state index contributed by atoms with van der Waals surface area (Å²) in [7, 11) is 1.42. The summed E-state index contributed by atoms with van der Waals surface area (Å²) in [5.41, 5.74) is -0.444. The molecule has 0 aliphatic rings. The van der Waals surface area contributed by atoms with Gasteiger partial charge in [-0.05, 0) is 12.1 Å². The summed E-state index contributed by atoms with van der Waals surface area (Å²) in [4.78, 5) is 10.6. The van der Waals surface area contributed by atoms with E-state index in [2.05, 4.69) is 9.15 Å². The minimum Gasteiger partial charge on any atom is -0.490 e. The molecule has 0 aromatic carbocycles. The second-order valence-electron chi connectivity index (χ2n) is 1.47. The lowest BCUT2D eigenvalue weighted by atomic mass is 10.5. The van der Waals surface area contributed by atoms with E-state index in [9.17, 15) is 4.79 Å². The summed E-state index contributed by atoms with van der Waals surface area (Å²) < 4.78 is 9.11. The van der Waals surface area contributed by atoms with Gasteiger partial charge in [0.05, 0.1) is 13.4 Å². The molecule has 1 heterocycles. The van der Waals surface area contributed by atoms with Crippen molar-refractivity contribution in [1.82, 2.24) is 0 Å². The fraction of sp³-hybridized carbons (Fsp3) is 0.167. The molecule has 0 bridgehead atoms. The van der Waals surface area contributed by atoms with Crippen LogP contribution in [0.2, 0.25) is 0 Å². The number of hydrogen-bond acceptors (Lipinski definition) is 3. The molecule has 1 aromatic rings. The Kier molecular flexibility index (Phi) is 1.53. The number of ether oxygens (including phenoxy) is 1. The Hall–Kier alpha value is -1.25. The van der Waals surface area contributed by atoms with Gasteiger partial charge in [0.2, 0.25) is 5.75 Å². The van der Waals surface area contributed by atoms with Gasteiger partial charge in [0.1, 0.15) is 0 Å². The fourth-order valence-corrected chi connectivity index (χ4v) is 0.505. The molecule has 3 nitrogen and oxygen atoms in total. The molecule has 48 valence electrons. The summed E-state index contributed by atoms with van der Waals surface area (Å²) in [5, 5.41) is 0. The van der Waals surface area contributed by atoms with Crippen molar-refractivity contribution >= 4 is 0 Å². The van der Waals surface area contributed by atoms with E-state index < -0.39 is 5.63 Å². The Bertz CT molecular complexity index is 238. The molecule has 0 aliphatic carbocycles. The van der Waals surface area contributed by atoms with E-state index in [1.54, 1.807) is 12.1 Å². The lowest BCUT2D eigenvalue weighted by molar-refractivity contribution is 0.376. The van der Waals surface area contributed by atoms with Gasteiger partial charge in [0, 0.05) is 0 Å². The van der Waals surface area contributed by atoms with Crippen molar-refractivity contribution in [3.63, 3.8) is 0 Å². The van der Waals surface area contributed by atoms with Gasteiger partial charge in [-0.3, -0.25) is 0 Å². The lowest BCUT2D eigenvalue weighted by Gasteiger charge is -1.91. The van der Waals surface area contributed by atoms with Crippen molar-refractivity contribution < 1.29 is 9.15 Å². The Morgan fingerprint density at radius 2 is 2.44 bits per heavy atom. The molecule has 0 amide bonds. The zero-order chi connectivity index (χ0) is 6.69. The number of rotatable bonds is 1. The average Bonchev–Trinajstić information content (AvgIpc) is 1.89. The summed E-state index contributed by atoms with van der Waals surface area (Å²) in [5.74, 6) is 0.234. The lowest BCUT2D eigenvalue weighted by Crippen LogP contribution is -2.01. The number of hydrogen-bond donors (Lipinski definition) is 0. The predicted octanol–water partition coefficient (Wildman–Crippen LogP) is 0.648. The molecule has 0 unspecified atom stereocenters. The monoisotopic (exact) mass is 126 g/mol. The third-order valence-corrected chi connectivity index (χ3v) is 0.922. The van der Waals surface area contributed by atoms with Crippen LogP contribution in [0.25, 0.3) is 0 Å². The standard InChI is InChI=1S/C6H6O3/c1-8-5-3-2-4-9-6(5)7/h2-4H,1H3. The second kappa shape index (κ2) is 2.35. The molecule has 0 spiro atoms. The van der Waals surface area contributed by atoms with E-state index in [4.69, 9.17) is 0 Å². The topological polar surface area (TPSA) is 39.4 Å². The van der Waals surface area contributed by atoms with E-state index >= 15 is 0 Å². The van der Waals surface area contributed by atoms with Gasteiger partial charge in [-0.15, -0.1) is 0 Å². The van der Waals surface area contributed by atoms with Crippen LogP contribution in [-0.2, 0) is 0 Å². The van der Waals surface area contributed by atoms with Crippen LogP contribution >= 0.6 is 0 Å². The first kappa shape index (κ1) is 5.88. The van der Waals surface area contributed by atoms with Crippen molar-refractivity contribution in [3.05, 3.63) is 28.8 Å². The number of methoxy groups -OCH3 is 1. The zero-order valence-electron chi connectivity index (χ0n) is 4.96. The highest BCUT2D eigenvalue weighted by Gasteiger charge is 1.94. The van der Waals surface area contributed by atoms with Crippen LogP contribution in [0.5, 0.6) is 5.75 Å². The smallest absolute Gasteiger partial charge is 0.378 e. The Morgan fingerprint density at radius 1 is 1.67 bits per heavy atom. The van der Waals surface area contributed by atoms with Crippen molar-refractivity contribution in [2.75, 3.05) is 7.11 Å². The summed E-state index contributed by atoms with van der Waals surface area (Å²) in [6.45, 7) is 0. The van der Waals surface area contributed by atoms with Gasteiger partial charge in [-0.1, -0.05) is 0 Å². The molecule has 1 aromatic heterocycles. The molecule has 0 fully saturated rings. The quantitative estimate of drug-likeness (QED) is 0.554. The van der Waals surface area contributed by atoms with E-state index in [0.717, 1.165) is 0 Å². The highest BCUT2D eigenvalue weighted by atomic mass is 16.5. The van der Waals surface area contributed by atoms with Crippen LogP contribution in [0.3, 0.4) is 0 Å². The summed E-state index contributed by atoms with van der Waals surface area (Å²) in [6.07, 6.45) is 1.31. The average molecular weight is 126 g/mol. The van der Waals surface area contributed by atoms with E-state index in [-0.39, 0.29) is 5.75 Å². The maximum atomic E-state index is 10.6. The first-order valence-corrected chi connectivity index (χ1v) is 2.46. The van der Waals surface area contributed by atoms with Gasteiger partial charge in [-0.2, -0.15) is 0 Å². The van der Waals surface area contributed by atoms with Crippen molar-refractivity contribution in [3.8, 4) is 5.75 Å². The molecule has 0 aliphatic heterocycles. The molecule has 1 rings (SSSR count). The minimum atomic E-state index is -0.444. The fourth-order valence-electron chi connectivity index (χ4n) is 0.505. The maximum absolute atomic E-state index is 10.6. The highest BCUT2D eigenvalue weighted by molar-refractivity contribution is 5.13. The van der Waals surface area contributed by atoms with Gasteiger partial charge < -0.3 is 9.15 Å². The molecule has 3 heteroatoms. The molecule has 0 saturated carbocycles. The highest BCUT2D eigenvalue weighted by Crippen LogP contribution is 1.97. The van der Waals surface area contributed by atoms with Gasteiger partial charge in [0.15, 0.2) is 0 Å². The molecule has 0 N–H and O–H groups in total. The molecule has 9 heavy (non-hydrogen) atoms. The third-order valence-electron chi connectivity index (χ3n) is 0.922. The SMILES string of the molecule is COc1cccoc1=O. The Labute approximate surface area is 51.9 Å². The zero-order valence-corrected chi connectivity index (χ0v) is 4.96. The predicted molar refractivity (Wildman–Crippen MR) is 31.5 cm³/mol. The third kappa shape index (κ3) is 1.10. The first-order chi connectivity index (χ1) is 4.34.